The van der Waals surface area contributed by atoms with Crippen molar-refractivity contribution < 1.29 is 8.42 Å². The minimum absolute atomic E-state index is 0. The number of guanidine groups is 1. The van der Waals surface area contributed by atoms with Gasteiger partial charge < -0.3 is 10.6 Å². The van der Waals surface area contributed by atoms with Crippen LogP contribution in [0.15, 0.2) is 4.99 Å². The lowest BCUT2D eigenvalue weighted by Gasteiger charge is -2.30. The smallest absolute Gasteiger partial charge is 0.211 e. The monoisotopic (exact) mass is 474 g/mol. The van der Waals surface area contributed by atoms with E-state index >= 15 is 0 Å². The first-order valence-electron chi connectivity index (χ1n) is 8.87. The van der Waals surface area contributed by atoms with Gasteiger partial charge >= 0.3 is 0 Å². The highest BCUT2D eigenvalue weighted by atomic mass is 127. The minimum Gasteiger partial charge on any atom is -0.357 e. The zero-order chi connectivity index (χ0) is 17.3. The van der Waals surface area contributed by atoms with Crippen LogP contribution in [0.25, 0.3) is 0 Å². The Kier molecular flexibility index (Phi) is 12.2. The molecule has 1 aliphatic rings. The average Bonchev–Trinajstić information content (AvgIpc) is 2.53. The van der Waals surface area contributed by atoms with Crippen molar-refractivity contribution in [1.29, 1.82) is 0 Å². The number of hydrogen-bond donors (Lipinski definition) is 2. The second kappa shape index (κ2) is 12.3. The first-order chi connectivity index (χ1) is 10.9. The van der Waals surface area contributed by atoms with Crippen molar-refractivity contribution in [3.05, 3.63) is 0 Å². The second-order valence-electron chi connectivity index (χ2n) is 6.39. The number of aliphatic imine (C=N–C) groups is 1. The van der Waals surface area contributed by atoms with Crippen molar-refractivity contribution in [3.8, 4) is 0 Å². The van der Waals surface area contributed by atoms with Crippen LogP contribution in [0.4, 0.5) is 0 Å². The summed E-state index contributed by atoms with van der Waals surface area (Å²) in [6.45, 7) is 10.3. The van der Waals surface area contributed by atoms with Gasteiger partial charge in [-0.05, 0) is 31.6 Å². The zero-order valence-electron chi connectivity index (χ0n) is 15.5. The Morgan fingerprint density at radius 3 is 2.21 bits per heavy atom. The van der Waals surface area contributed by atoms with E-state index in [9.17, 15) is 8.42 Å². The maximum Gasteiger partial charge on any atom is 0.211 e. The predicted octanol–water partition coefficient (Wildman–Crippen LogP) is 2.27. The molecular weight excluding hydrogens is 439 g/mol. The third-order valence-corrected chi connectivity index (χ3v) is 5.91. The van der Waals surface area contributed by atoms with Crippen LogP contribution in [0.5, 0.6) is 0 Å². The van der Waals surface area contributed by atoms with Gasteiger partial charge in [-0.15, -0.1) is 24.0 Å². The molecule has 0 atom stereocenters. The molecule has 144 valence electrons. The van der Waals surface area contributed by atoms with E-state index in [4.69, 9.17) is 0 Å². The fraction of sp³-hybridized carbons (Fsp3) is 0.938. The summed E-state index contributed by atoms with van der Waals surface area (Å²) in [5.41, 5.74) is 0. The van der Waals surface area contributed by atoms with Crippen LogP contribution in [0.1, 0.15) is 46.5 Å². The Morgan fingerprint density at radius 2 is 1.75 bits per heavy atom. The number of hydrogen-bond acceptors (Lipinski definition) is 3. The number of sulfonamides is 1. The van der Waals surface area contributed by atoms with Gasteiger partial charge in [-0.1, -0.05) is 26.7 Å². The summed E-state index contributed by atoms with van der Waals surface area (Å²) in [5.74, 6) is 2.03. The van der Waals surface area contributed by atoms with E-state index in [1.807, 2.05) is 0 Å². The van der Waals surface area contributed by atoms with Crippen molar-refractivity contribution in [2.45, 2.75) is 46.5 Å². The summed E-state index contributed by atoms with van der Waals surface area (Å²) in [6.07, 6.45) is 5.42. The lowest BCUT2D eigenvalue weighted by Crippen LogP contribution is -2.44. The molecule has 0 bridgehead atoms. The van der Waals surface area contributed by atoms with Crippen LogP contribution in [0.2, 0.25) is 0 Å². The molecule has 1 fully saturated rings. The molecule has 0 amide bonds. The van der Waals surface area contributed by atoms with Gasteiger partial charge in [-0.25, -0.2) is 12.7 Å². The van der Waals surface area contributed by atoms with E-state index in [0.717, 1.165) is 51.3 Å². The summed E-state index contributed by atoms with van der Waals surface area (Å²) >= 11 is 0. The van der Waals surface area contributed by atoms with Crippen molar-refractivity contribution >= 4 is 40.0 Å². The SMILES string of the molecule is CCNC(=NCC(CC)CC)NCC1CCN(S(C)(=O)=O)CC1.I. The van der Waals surface area contributed by atoms with Crippen molar-refractivity contribution in [2.75, 3.05) is 39.0 Å². The molecule has 1 heterocycles. The summed E-state index contributed by atoms with van der Waals surface area (Å²) in [5, 5.41) is 6.71. The van der Waals surface area contributed by atoms with E-state index < -0.39 is 10.0 Å². The molecule has 0 aromatic carbocycles. The number of halogens is 1. The Balaban J connectivity index is 0.00000529. The Bertz CT molecular complexity index is 459. The average molecular weight is 474 g/mol. The van der Waals surface area contributed by atoms with Gasteiger partial charge in [0.05, 0.1) is 6.26 Å². The van der Waals surface area contributed by atoms with Crippen LogP contribution in [0.3, 0.4) is 0 Å². The molecule has 0 aromatic heterocycles. The molecular formula is C16H35IN4O2S. The largest absolute Gasteiger partial charge is 0.357 e. The zero-order valence-corrected chi connectivity index (χ0v) is 18.7. The molecule has 0 spiro atoms. The van der Waals surface area contributed by atoms with E-state index in [1.165, 1.54) is 6.26 Å². The molecule has 24 heavy (non-hydrogen) atoms. The molecule has 8 heteroatoms. The number of nitrogens with one attached hydrogen (secondary N) is 2. The molecule has 6 nitrogen and oxygen atoms in total. The first kappa shape index (κ1) is 23.9. The third kappa shape index (κ3) is 8.84. The maximum atomic E-state index is 11.5. The minimum atomic E-state index is -3.04. The highest BCUT2D eigenvalue weighted by Crippen LogP contribution is 2.18. The summed E-state index contributed by atoms with van der Waals surface area (Å²) in [7, 11) is -3.04. The van der Waals surface area contributed by atoms with E-state index in [-0.39, 0.29) is 24.0 Å². The summed E-state index contributed by atoms with van der Waals surface area (Å²) < 4.78 is 24.6. The van der Waals surface area contributed by atoms with Gasteiger partial charge in [0.1, 0.15) is 0 Å². The molecule has 1 saturated heterocycles. The normalized spacial score (nSPS) is 17.6. The van der Waals surface area contributed by atoms with Crippen LogP contribution in [0, 0.1) is 11.8 Å². The Labute approximate surface area is 165 Å². The predicted molar refractivity (Wildman–Crippen MR) is 113 cm³/mol. The van der Waals surface area contributed by atoms with Gasteiger partial charge in [0.25, 0.3) is 0 Å². The number of nitrogens with zero attached hydrogens (tertiary/aromatic N) is 2. The van der Waals surface area contributed by atoms with Crippen LogP contribution < -0.4 is 10.6 Å². The Hall–Kier alpha value is -0.0900. The topological polar surface area (TPSA) is 73.8 Å². The summed E-state index contributed by atoms with van der Waals surface area (Å²) in [4.78, 5) is 4.68. The van der Waals surface area contributed by atoms with Crippen molar-refractivity contribution in [3.63, 3.8) is 0 Å². The van der Waals surface area contributed by atoms with E-state index in [1.54, 1.807) is 4.31 Å². The number of piperidine rings is 1. The van der Waals surface area contributed by atoms with Crippen LogP contribution in [-0.4, -0.2) is 57.7 Å². The van der Waals surface area contributed by atoms with Gasteiger partial charge in [-0.3, -0.25) is 4.99 Å². The lowest BCUT2D eigenvalue weighted by atomic mass is 9.98. The van der Waals surface area contributed by atoms with E-state index in [0.29, 0.717) is 24.9 Å². The molecule has 0 unspecified atom stereocenters. The third-order valence-electron chi connectivity index (χ3n) is 4.61. The standard InChI is InChI=1S/C16H34N4O2S.HI/c1-5-14(6-2)12-18-16(17-7-3)19-13-15-8-10-20(11-9-15)23(4,21)22;/h14-15H,5-13H2,1-4H3,(H2,17,18,19);1H. The molecule has 0 radical (unpaired) electrons. The Morgan fingerprint density at radius 1 is 1.17 bits per heavy atom. The van der Waals surface area contributed by atoms with Crippen LogP contribution in [-0.2, 0) is 10.0 Å². The van der Waals surface area contributed by atoms with Gasteiger partial charge in [0.2, 0.25) is 10.0 Å². The highest BCUT2D eigenvalue weighted by Gasteiger charge is 2.24. The van der Waals surface area contributed by atoms with Crippen LogP contribution >= 0.6 is 24.0 Å². The molecule has 0 aliphatic carbocycles. The second-order valence-corrected chi connectivity index (χ2v) is 8.37. The quantitative estimate of drug-likeness (QED) is 0.322. The molecule has 0 aromatic rings. The fourth-order valence-corrected chi connectivity index (χ4v) is 3.67. The van der Waals surface area contributed by atoms with Crippen molar-refractivity contribution in [2.24, 2.45) is 16.8 Å². The fourth-order valence-electron chi connectivity index (χ4n) is 2.80. The molecule has 1 aliphatic heterocycles. The van der Waals surface area contributed by atoms with Gasteiger partial charge in [-0.2, -0.15) is 0 Å². The van der Waals surface area contributed by atoms with Gasteiger partial charge in [0.15, 0.2) is 5.96 Å². The molecule has 1 rings (SSSR count). The van der Waals surface area contributed by atoms with E-state index in [2.05, 4.69) is 36.4 Å². The number of rotatable bonds is 8. The summed E-state index contributed by atoms with van der Waals surface area (Å²) in [6, 6.07) is 0. The highest BCUT2D eigenvalue weighted by molar-refractivity contribution is 14.0. The van der Waals surface area contributed by atoms with Gasteiger partial charge in [0, 0.05) is 32.7 Å². The molecule has 2 N–H and O–H groups in total. The lowest BCUT2D eigenvalue weighted by molar-refractivity contribution is 0.274. The maximum absolute atomic E-state index is 11.5. The van der Waals surface area contributed by atoms with Crippen molar-refractivity contribution in [1.82, 2.24) is 14.9 Å². The molecule has 0 saturated carbocycles. The first-order valence-corrected chi connectivity index (χ1v) is 10.7.